The van der Waals surface area contributed by atoms with Crippen molar-refractivity contribution in [3.63, 3.8) is 0 Å². The van der Waals surface area contributed by atoms with Gasteiger partial charge in [0, 0.05) is 55.8 Å². The van der Waals surface area contributed by atoms with E-state index in [4.69, 9.17) is 5.11 Å². The van der Waals surface area contributed by atoms with Gasteiger partial charge in [0.05, 0.1) is 17.2 Å². The lowest BCUT2D eigenvalue weighted by molar-refractivity contribution is -0.116. The van der Waals surface area contributed by atoms with E-state index in [-0.39, 0.29) is 17.4 Å². The van der Waals surface area contributed by atoms with Gasteiger partial charge in [-0.2, -0.15) is 0 Å². The third kappa shape index (κ3) is 10.7. The summed E-state index contributed by atoms with van der Waals surface area (Å²) in [5.41, 5.74) is 3.04. The number of piperazine rings is 1. The zero-order valence-electron chi connectivity index (χ0n) is 25.1. The number of benzene rings is 2. The van der Waals surface area contributed by atoms with Crippen molar-refractivity contribution in [3.05, 3.63) is 59.5 Å². The van der Waals surface area contributed by atoms with Crippen molar-refractivity contribution in [2.75, 3.05) is 55.9 Å². The number of carbonyl (C=O) groups is 1. The Balaban J connectivity index is 1.21. The van der Waals surface area contributed by atoms with Crippen LogP contribution in [0.15, 0.2) is 58.8 Å². The lowest BCUT2D eigenvalue weighted by Gasteiger charge is -2.34. The minimum atomic E-state index is -3.73. The first-order valence-corrected chi connectivity index (χ1v) is 17.8. The Labute approximate surface area is 260 Å². The average Bonchev–Trinajstić information content (AvgIpc) is 3.47. The molecule has 0 bridgehead atoms. The van der Waals surface area contributed by atoms with Crippen LogP contribution in [0, 0.1) is 0 Å². The predicted octanol–water partition coefficient (Wildman–Crippen LogP) is 5.45. The largest absolute Gasteiger partial charge is 0.395 e. The van der Waals surface area contributed by atoms with Crippen molar-refractivity contribution in [3.8, 4) is 11.3 Å². The number of aromatic nitrogens is 1. The number of nitrogens with one attached hydrogen (secondary N) is 2. The number of aryl methyl sites for hydroxylation is 1. The highest BCUT2D eigenvalue weighted by Crippen LogP contribution is 2.28. The van der Waals surface area contributed by atoms with E-state index >= 15 is 0 Å². The van der Waals surface area contributed by atoms with E-state index in [9.17, 15) is 13.2 Å². The molecule has 2 heterocycles. The number of carbonyl (C=O) groups excluding carboxylic acids is 1. The number of hydrogen-bond donors (Lipinski definition) is 3. The van der Waals surface area contributed by atoms with Crippen molar-refractivity contribution in [1.29, 1.82) is 0 Å². The Hall–Kier alpha value is -2.83. The summed E-state index contributed by atoms with van der Waals surface area (Å²) in [5.74, 6) is -0.0450. The van der Waals surface area contributed by atoms with Crippen molar-refractivity contribution >= 4 is 38.1 Å². The molecule has 9 nitrogen and oxygen atoms in total. The maximum atomic E-state index is 13.0. The number of thiazole rings is 1. The van der Waals surface area contributed by atoms with Crippen LogP contribution in [0.4, 0.5) is 10.8 Å². The first kappa shape index (κ1) is 33.1. The number of amides is 1. The van der Waals surface area contributed by atoms with Gasteiger partial charge in [-0.3, -0.25) is 14.4 Å². The molecular formula is C32H45N5O4S2. The van der Waals surface area contributed by atoms with Crippen molar-refractivity contribution in [2.45, 2.75) is 63.2 Å². The molecule has 2 aromatic carbocycles. The monoisotopic (exact) mass is 627 g/mol. The van der Waals surface area contributed by atoms with Gasteiger partial charge in [-0.05, 0) is 62.1 Å². The van der Waals surface area contributed by atoms with Gasteiger partial charge in [0.2, 0.25) is 5.91 Å². The molecule has 4 rings (SSSR count). The summed E-state index contributed by atoms with van der Waals surface area (Å²) in [4.78, 5) is 22.0. The minimum Gasteiger partial charge on any atom is -0.395 e. The quantitative estimate of drug-likeness (QED) is 0.171. The molecule has 0 aliphatic carbocycles. The second-order valence-corrected chi connectivity index (χ2v) is 13.6. The van der Waals surface area contributed by atoms with Gasteiger partial charge in [-0.15, -0.1) is 11.3 Å². The van der Waals surface area contributed by atoms with Crippen LogP contribution in [0.25, 0.3) is 11.3 Å². The van der Waals surface area contributed by atoms with E-state index in [0.29, 0.717) is 22.9 Å². The maximum Gasteiger partial charge on any atom is 0.261 e. The normalized spacial score (nSPS) is 14.6. The molecule has 3 aromatic rings. The number of anilines is 2. The van der Waals surface area contributed by atoms with E-state index < -0.39 is 10.0 Å². The molecule has 1 amide bonds. The standard InChI is InChI=1S/C32H45N5O4S2/c1-2-3-5-9-26-13-15-29(16-14-26)43(40,41)35-28-11-8-10-27(24-28)30-25-42-32(33-30)34-31(39)12-6-4-7-17-36-18-20-37(21-19-36)22-23-38/h8,10-11,13-16,24-25,35,38H,2-7,9,12,17-23H2,1H3,(H,33,34,39). The summed E-state index contributed by atoms with van der Waals surface area (Å²) in [6, 6.07) is 14.2. The number of sulfonamides is 1. The van der Waals surface area contributed by atoms with Crippen LogP contribution in [-0.4, -0.2) is 80.1 Å². The molecule has 0 unspecified atom stereocenters. The topological polar surface area (TPSA) is 115 Å². The molecule has 0 atom stereocenters. The number of aliphatic hydroxyl groups is 1. The molecule has 0 spiro atoms. The van der Waals surface area contributed by atoms with Crippen LogP contribution in [0.3, 0.4) is 0 Å². The van der Waals surface area contributed by atoms with E-state index in [1.807, 2.05) is 23.6 Å². The summed E-state index contributed by atoms with van der Waals surface area (Å²) in [6.45, 7) is 8.27. The van der Waals surface area contributed by atoms with Crippen LogP contribution < -0.4 is 10.0 Å². The zero-order valence-corrected chi connectivity index (χ0v) is 26.8. The molecule has 3 N–H and O–H groups in total. The molecule has 234 valence electrons. The molecule has 1 aromatic heterocycles. The molecule has 1 fully saturated rings. The Morgan fingerprint density at radius 1 is 0.953 bits per heavy atom. The highest BCUT2D eigenvalue weighted by Gasteiger charge is 2.17. The van der Waals surface area contributed by atoms with Crippen LogP contribution >= 0.6 is 11.3 Å². The van der Waals surface area contributed by atoms with Gasteiger partial charge in [0.25, 0.3) is 10.0 Å². The van der Waals surface area contributed by atoms with Gasteiger partial charge in [0.15, 0.2) is 5.13 Å². The Morgan fingerprint density at radius 3 is 2.42 bits per heavy atom. The van der Waals surface area contributed by atoms with E-state index in [1.165, 1.54) is 11.3 Å². The summed E-state index contributed by atoms with van der Waals surface area (Å²) in [5, 5.41) is 14.4. The van der Waals surface area contributed by atoms with E-state index in [1.54, 1.807) is 30.3 Å². The number of nitrogens with zero attached hydrogens (tertiary/aromatic N) is 3. The maximum absolute atomic E-state index is 13.0. The Kier molecular flexibility index (Phi) is 13.0. The van der Waals surface area contributed by atoms with Crippen LogP contribution in [-0.2, 0) is 21.2 Å². The third-order valence-electron chi connectivity index (χ3n) is 7.72. The second kappa shape index (κ2) is 16.9. The number of rotatable bonds is 17. The molecule has 1 aliphatic rings. The molecule has 11 heteroatoms. The summed E-state index contributed by atoms with van der Waals surface area (Å²) in [7, 11) is -3.73. The number of β-amino-alcohol motifs (C(OH)–C–C–N with tert-alkyl or cyclic N) is 1. The predicted molar refractivity (Wildman–Crippen MR) is 175 cm³/mol. The van der Waals surface area contributed by atoms with Gasteiger partial charge < -0.3 is 15.3 Å². The third-order valence-corrected chi connectivity index (χ3v) is 9.88. The highest BCUT2D eigenvalue weighted by atomic mass is 32.2. The lowest BCUT2D eigenvalue weighted by Crippen LogP contribution is -2.47. The Bertz CT molecular complexity index is 1390. The SMILES string of the molecule is CCCCCc1ccc(S(=O)(=O)Nc2cccc(-c3csc(NC(=O)CCCCCN4CCN(CCO)CC4)n3)c2)cc1. The molecule has 43 heavy (non-hydrogen) atoms. The highest BCUT2D eigenvalue weighted by molar-refractivity contribution is 7.92. The average molecular weight is 628 g/mol. The first-order valence-electron chi connectivity index (χ1n) is 15.4. The number of hydrogen-bond acceptors (Lipinski definition) is 8. The zero-order chi connectivity index (χ0) is 30.5. The summed E-state index contributed by atoms with van der Waals surface area (Å²) >= 11 is 1.35. The van der Waals surface area contributed by atoms with Gasteiger partial charge >= 0.3 is 0 Å². The fourth-order valence-electron chi connectivity index (χ4n) is 5.19. The van der Waals surface area contributed by atoms with Crippen LogP contribution in [0.2, 0.25) is 0 Å². The number of aliphatic hydroxyl groups excluding tert-OH is 1. The van der Waals surface area contributed by atoms with Gasteiger partial charge in [0.1, 0.15) is 0 Å². The minimum absolute atomic E-state index is 0.0450. The number of unbranched alkanes of at least 4 members (excludes halogenated alkanes) is 4. The second-order valence-electron chi connectivity index (χ2n) is 11.1. The molecule has 0 saturated carbocycles. The lowest BCUT2D eigenvalue weighted by atomic mass is 10.1. The summed E-state index contributed by atoms with van der Waals surface area (Å²) < 4.78 is 28.7. The summed E-state index contributed by atoms with van der Waals surface area (Å²) in [6.07, 6.45) is 7.72. The van der Waals surface area contributed by atoms with Crippen molar-refractivity contribution in [1.82, 2.24) is 14.8 Å². The Morgan fingerprint density at radius 2 is 1.70 bits per heavy atom. The smallest absolute Gasteiger partial charge is 0.261 e. The molecule has 1 saturated heterocycles. The van der Waals surface area contributed by atoms with Crippen LogP contribution in [0.5, 0.6) is 0 Å². The van der Waals surface area contributed by atoms with E-state index in [0.717, 1.165) is 95.3 Å². The fraction of sp³-hybridized carbons (Fsp3) is 0.500. The first-order chi connectivity index (χ1) is 20.9. The fourth-order valence-corrected chi connectivity index (χ4v) is 6.98. The molecule has 1 aliphatic heterocycles. The van der Waals surface area contributed by atoms with Gasteiger partial charge in [-0.25, -0.2) is 13.4 Å². The molecule has 0 radical (unpaired) electrons. The van der Waals surface area contributed by atoms with Crippen molar-refractivity contribution in [2.24, 2.45) is 0 Å². The molecular weight excluding hydrogens is 583 g/mol. The van der Waals surface area contributed by atoms with Crippen molar-refractivity contribution < 1.29 is 18.3 Å². The van der Waals surface area contributed by atoms with E-state index in [2.05, 4.69) is 31.7 Å². The van der Waals surface area contributed by atoms with Crippen LogP contribution in [0.1, 0.15) is 57.4 Å². The van der Waals surface area contributed by atoms with Gasteiger partial charge in [-0.1, -0.05) is 50.5 Å².